The first kappa shape index (κ1) is 22.9. The van der Waals surface area contributed by atoms with Crippen LogP contribution >= 0.6 is 0 Å². The molecule has 0 radical (unpaired) electrons. The zero-order valence-electron chi connectivity index (χ0n) is 19.1. The molecule has 1 aromatic rings. The highest BCUT2D eigenvalue weighted by Gasteiger charge is 2.35. The summed E-state index contributed by atoms with van der Waals surface area (Å²) < 4.78 is 11.7. The van der Waals surface area contributed by atoms with Gasteiger partial charge in [-0.25, -0.2) is 0 Å². The molecular formula is C25H36N2O5. The van der Waals surface area contributed by atoms with Crippen LogP contribution in [-0.4, -0.2) is 72.7 Å². The highest BCUT2D eigenvalue weighted by molar-refractivity contribution is 5.97. The van der Waals surface area contributed by atoms with E-state index < -0.39 is 0 Å². The summed E-state index contributed by atoms with van der Waals surface area (Å²) in [6.45, 7) is 3.10. The summed E-state index contributed by atoms with van der Waals surface area (Å²) in [6, 6.07) is 5.44. The fourth-order valence-corrected chi connectivity index (χ4v) is 4.90. The third-order valence-corrected chi connectivity index (χ3v) is 6.97. The van der Waals surface area contributed by atoms with Gasteiger partial charge in [0.1, 0.15) is 17.6 Å². The van der Waals surface area contributed by atoms with Crippen LogP contribution in [0.15, 0.2) is 18.2 Å². The molecule has 1 aromatic carbocycles. The first-order valence-corrected chi connectivity index (χ1v) is 12.1. The molecule has 0 unspecified atom stereocenters. The second-order valence-corrected chi connectivity index (χ2v) is 9.40. The van der Waals surface area contributed by atoms with Crippen molar-refractivity contribution in [3.8, 4) is 11.5 Å². The minimum absolute atomic E-state index is 0.00291. The molecule has 1 N–H and O–H groups in total. The van der Waals surface area contributed by atoms with Crippen molar-refractivity contribution >= 4 is 11.8 Å². The van der Waals surface area contributed by atoms with Crippen LogP contribution in [0.2, 0.25) is 0 Å². The van der Waals surface area contributed by atoms with E-state index in [1.165, 1.54) is 0 Å². The van der Waals surface area contributed by atoms with Gasteiger partial charge in [-0.05, 0) is 62.6 Å². The average molecular weight is 445 g/mol. The maximum atomic E-state index is 13.5. The molecule has 32 heavy (non-hydrogen) atoms. The van der Waals surface area contributed by atoms with Gasteiger partial charge in [0.25, 0.3) is 5.91 Å². The number of ether oxygens (including phenoxy) is 2. The maximum Gasteiger partial charge on any atom is 0.257 e. The lowest BCUT2D eigenvalue weighted by molar-refractivity contribution is -0.134. The Labute approximate surface area is 190 Å². The predicted octanol–water partition coefficient (Wildman–Crippen LogP) is 3.10. The molecule has 2 heterocycles. The van der Waals surface area contributed by atoms with E-state index >= 15 is 0 Å². The number of carbonyl (C=O) groups is 2. The van der Waals surface area contributed by atoms with Gasteiger partial charge >= 0.3 is 0 Å². The topological polar surface area (TPSA) is 79.3 Å². The van der Waals surface area contributed by atoms with Crippen molar-refractivity contribution in [1.82, 2.24) is 9.80 Å². The minimum Gasteiger partial charge on any atom is -0.497 e. The largest absolute Gasteiger partial charge is 0.497 e. The molecule has 2 amide bonds. The number of aliphatic hydroxyl groups excluding tert-OH is 1. The van der Waals surface area contributed by atoms with Gasteiger partial charge in [0.15, 0.2) is 0 Å². The van der Waals surface area contributed by atoms with E-state index in [0.717, 1.165) is 77.5 Å². The number of aliphatic hydroxyl groups is 1. The molecule has 0 bridgehead atoms. The Bertz CT molecular complexity index is 802. The Kier molecular flexibility index (Phi) is 7.55. The number of amides is 2. The number of likely N-dealkylation sites (tertiary alicyclic amines) is 2. The number of rotatable bonds is 8. The Morgan fingerprint density at radius 3 is 2.53 bits per heavy atom. The number of carbonyl (C=O) groups excluding carboxylic acids is 2. The SMILES string of the molecule is COc1ccc(OC2CCN(C(=O)C3CC3)CC2)c(C(=O)N2CCC[C@H](CCCO)C2)c1. The zero-order chi connectivity index (χ0) is 22.5. The van der Waals surface area contributed by atoms with Gasteiger partial charge in [0, 0.05) is 51.5 Å². The molecule has 2 saturated heterocycles. The molecule has 3 fully saturated rings. The summed E-state index contributed by atoms with van der Waals surface area (Å²) in [5.41, 5.74) is 0.545. The monoisotopic (exact) mass is 444 g/mol. The minimum atomic E-state index is -0.0195. The summed E-state index contributed by atoms with van der Waals surface area (Å²) in [4.78, 5) is 29.7. The summed E-state index contributed by atoms with van der Waals surface area (Å²) >= 11 is 0. The van der Waals surface area contributed by atoms with Crippen LogP contribution in [-0.2, 0) is 4.79 Å². The molecule has 1 aliphatic carbocycles. The number of nitrogens with zero attached hydrogens (tertiary/aromatic N) is 2. The van der Waals surface area contributed by atoms with Gasteiger partial charge in [-0.1, -0.05) is 0 Å². The van der Waals surface area contributed by atoms with Crippen LogP contribution in [0.3, 0.4) is 0 Å². The van der Waals surface area contributed by atoms with Crippen LogP contribution in [0.4, 0.5) is 0 Å². The highest BCUT2D eigenvalue weighted by Crippen LogP contribution is 2.33. The number of hydrogen-bond acceptors (Lipinski definition) is 5. The van der Waals surface area contributed by atoms with E-state index in [9.17, 15) is 9.59 Å². The van der Waals surface area contributed by atoms with E-state index in [1.54, 1.807) is 13.2 Å². The van der Waals surface area contributed by atoms with Gasteiger partial charge in [0.05, 0.1) is 12.7 Å². The maximum absolute atomic E-state index is 13.5. The lowest BCUT2D eigenvalue weighted by Crippen LogP contribution is -2.43. The van der Waals surface area contributed by atoms with E-state index in [4.69, 9.17) is 14.6 Å². The second kappa shape index (κ2) is 10.6. The Hall–Kier alpha value is -2.28. The molecular weight excluding hydrogens is 408 g/mol. The lowest BCUT2D eigenvalue weighted by Gasteiger charge is -2.34. The van der Waals surface area contributed by atoms with Crippen LogP contribution < -0.4 is 9.47 Å². The summed E-state index contributed by atoms with van der Waals surface area (Å²) in [6.07, 6.45) is 7.43. The number of piperidine rings is 2. The Balaban J connectivity index is 1.42. The van der Waals surface area contributed by atoms with Gasteiger partial charge < -0.3 is 24.4 Å². The van der Waals surface area contributed by atoms with Crippen molar-refractivity contribution in [3.63, 3.8) is 0 Å². The molecule has 1 atom stereocenters. The van der Waals surface area contributed by atoms with Crippen LogP contribution in [0.25, 0.3) is 0 Å². The second-order valence-electron chi connectivity index (χ2n) is 9.40. The van der Waals surface area contributed by atoms with E-state index in [2.05, 4.69) is 0 Å². The van der Waals surface area contributed by atoms with Gasteiger partial charge in [-0.15, -0.1) is 0 Å². The van der Waals surface area contributed by atoms with Crippen LogP contribution in [0.5, 0.6) is 11.5 Å². The zero-order valence-corrected chi connectivity index (χ0v) is 19.1. The quantitative estimate of drug-likeness (QED) is 0.667. The molecule has 7 heteroatoms. The van der Waals surface area contributed by atoms with Crippen molar-refractivity contribution in [2.45, 2.75) is 57.5 Å². The predicted molar refractivity (Wildman–Crippen MR) is 121 cm³/mol. The number of benzene rings is 1. The smallest absolute Gasteiger partial charge is 0.257 e. The first-order valence-electron chi connectivity index (χ1n) is 12.1. The summed E-state index contributed by atoms with van der Waals surface area (Å²) in [7, 11) is 1.60. The standard InChI is InChI=1S/C25H36N2O5/c1-31-21-8-9-23(32-20-10-13-26(14-11-20)24(29)19-6-7-19)22(16-21)25(30)27-12-2-4-18(17-27)5-3-15-28/h8-9,16,18-20,28H,2-7,10-15,17H2,1H3/t18-/m1/s1. The van der Waals surface area contributed by atoms with Crippen molar-refractivity contribution in [2.75, 3.05) is 39.9 Å². The van der Waals surface area contributed by atoms with Crippen LogP contribution in [0.1, 0.15) is 61.7 Å². The molecule has 0 aromatic heterocycles. The summed E-state index contributed by atoms with van der Waals surface area (Å²) in [5, 5.41) is 9.14. The number of methoxy groups -OCH3 is 1. The van der Waals surface area contributed by atoms with Gasteiger partial charge in [-0.2, -0.15) is 0 Å². The number of hydrogen-bond donors (Lipinski definition) is 1. The van der Waals surface area contributed by atoms with E-state index in [0.29, 0.717) is 28.9 Å². The molecule has 1 saturated carbocycles. The molecule has 176 valence electrons. The Morgan fingerprint density at radius 2 is 1.84 bits per heavy atom. The third kappa shape index (κ3) is 5.55. The summed E-state index contributed by atoms with van der Waals surface area (Å²) in [5.74, 6) is 2.20. The van der Waals surface area contributed by atoms with E-state index in [1.807, 2.05) is 21.9 Å². The fraction of sp³-hybridized carbons (Fsp3) is 0.680. The Morgan fingerprint density at radius 1 is 1.06 bits per heavy atom. The van der Waals surface area contributed by atoms with Crippen LogP contribution in [0, 0.1) is 11.8 Å². The van der Waals surface area contributed by atoms with Gasteiger partial charge in [-0.3, -0.25) is 9.59 Å². The third-order valence-electron chi connectivity index (χ3n) is 6.97. The van der Waals surface area contributed by atoms with Crippen molar-refractivity contribution in [3.05, 3.63) is 23.8 Å². The lowest BCUT2D eigenvalue weighted by atomic mass is 9.93. The fourth-order valence-electron chi connectivity index (χ4n) is 4.90. The average Bonchev–Trinajstić information content (AvgIpc) is 3.68. The van der Waals surface area contributed by atoms with Crippen molar-refractivity contribution in [1.29, 1.82) is 0 Å². The molecule has 3 aliphatic rings. The normalized spacial score (nSPS) is 22.0. The van der Waals surface area contributed by atoms with Gasteiger partial charge in [0.2, 0.25) is 5.91 Å². The van der Waals surface area contributed by atoms with Crippen molar-refractivity contribution in [2.24, 2.45) is 11.8 Å². The molecule has 4 rings (SSSR count). The molecule has 2 aliphatic heterocycles. The molecule has 0 spiro atoms. The highest BCUT2D eigenvalue weighted by atomic mass is 16.5. The van der Waals surface area contributed by atoms with Crippen molar-refractivity contribution < 1.29 is 24.2 Å². The van der Waals surface area contributed by atoms with E-state index in [-0.39, 0.29) is 24.5 Å². The first-order chi connectivity index (χ1) is 15.6. The molecule has 7 nitrogen and oxygen atoms in total.